The van der Waals surface area contributed by atoms with Crippen molar-refractivity contribution in [3.05, 3.63) is 18.6 Å². The molecule has 1 amide bonds. The lowest BCUT2D eigenvalue weighted by molar-refractivity contribution is -0.121. The summed E-state index contributed by atoms with van der Waals surface area (Å²) in [7, 11) is 0. The largest absolute Gasteiger partial charge is 0.346 e. The summed E-state index contributed by atoms with van der Waals surface area (Å²) >= 11 is 0. The lowest BCUT2D eigenvalue weighted by Gasteiger charge is -2.26. The molecule has 2 aromatic rings. The molecule has 2 heterocycles. The number of rotatable bonds is 3. The average Bonchev–Trinajstić information content (AvgIpc) is 2.97. The number of carbonyl (C=O) groups excluding carboxylic acids is 1. The standard InChI is InChI=1S/C14H19N5O/c15-7-9-1-3-10(4-2-9)14(20)19-13-11-5-6-16-12(11)17-8-18-13/h5-6,8-10H,1-4,7,15H2,(H2,16,17,18,19,20). The summed E-state index contributed by atoms with van der Waals surface area (Å²) in [6.45, 7) is 0.726. The zero-order valence-electron chi connectivity index (χ0n) is 11.3. The molecule has 0 aromatic carbocycles. The van der Waals surface area contributed by atoms with Gasteiger partial charge in [-0.2, -0.15) is 0 Å². The van der Waals surface area contributed by atoms with Crippen LogP contribution in [-0.2, 0) is 4.79 Å². The Morgan fingerprint density at radius 3 is 2.90 bits per heavy atom. The first-order valence-electron chi connectivity index (χ1n) is 7.07. The van der Waals surface area contributed by atoms with Crippen molar-refractivity contribution in [1.29, 1.82) is 0 Å². The van der Waals surface area contributed by atoms with Gasteiger partial charge in [0.25, 0.3) is 0 Å². The number of nitrogens with two attached hydrogens (primary N) is 1. The first-order valence-corrected chi connectivity index (χ1v) is 7.07. The van der Waals surface area contributed by atoms with Gasteiger partial charge in [0.15, 0.2) is 0 Å². The van der Waals surface area contributed by atoms with E-state index >= 15 is 0 Å². The topological polar surface area (TPSA) is 96.7 Å². The minimum Gasteiger partial charge on any atom is -0.346 e. The van der Waals surface area contributed by atoms with Gasteiger partial charge < -0.3 is 16.0 Å². The summed E-state index contributed by atoms with van der Waals surface area (Å²) in [6.07, 6.45) is 7.15. The third kappa shape index (κ3) is 2.51. The number of nitrogens with zero attached hydrogens (tertiary/aromatic N) is 2. The summed E-state index contributed by atoms with van der Waals surface area (Å²) in [6, 6.07) is 1.87. The number of carbonyl (C=O) groups is 1. The molecular weight excluding hydrogens is 254 g/mol. The number of aromatic amines is 1. The predicted molar refractivity (Wildman–Crippen MR) is 77.0 cm³/mol. The summed E-state index contributed by atoms with van der Waals surface area (Å²) in [5.74, 6) is 1.29. The lowest BCUT2D eigenvalue weighted by Crippen LogP contribution is -2.29. The molecule has 6 nitrogen and oxygen atoms in total. The molecule has 1 aliphatic rings. The van der Waals surface area contributed by atoms with E-state index in [0.29, 0.717) is 11.7 Å². The predicted octanol–water partition coefficient (Wildman–Crippen LogP) is 1.66. The monoisotopic (exact) mass is 273 g/mol. The molecule has 0 atom stereocenters. The molecule has 0 bridgehead atoms. The Morgan fingerprint density at radius 2 is 2.15 bits per heavy atom. The van der Waals surface area contributed by atoms with Crippen LogP contribution in [-0.4, -0.2) is 27.4 Å². The van der Waals surface area contributed by atoms with Gasteiger partial charge in [0.05, 0.1) is 5.39 Å². The molecule has 0 radical (unpaired) electrons. The van der Waals surface area contributed by atoms with E-state index in [1.165, 1.54) is 6.33 Å². The van der Waals surface area contributed by atoms with E-state index < -0.39 is 0 Å². The van der Waals surface area contributed by atoms with E-state index in [-0.39, 0.29) is 11.8 Å². The van der Waals surface area contributed by atoms with Gasteiger partial charge in [-0.25, -0.2) is 9.97 Å². The Balaban J connectivity index is 1.69. The van der Waals surface area contributed by atoms with Crippen LogP contribution >= 0.6 is 0 Å². The maximum Gasteiger partial charge on any atom is 0.228 e. The zero-order valence-corrected chi connectivity index (χ0v) is 11.3. The minimum absolute atomic E-state index is 0.0571. The summed E-state index contributed by atoms with van der Waals surface area (Å²) in [4.78, 5) is 23.6. The quantitative estimate of drug-likeness (QED) is 0.792. The second-order valence-corrected chi connectivity index (χ2v) is 5.40. The molecule has 6 heteroatoms. The molecule has 3 rings (SSSR count). The molecule has 0 saturated heterocycles. The highest BCUT2D eigenvalue weighted by Crippen LogP contribution is 2.29. The molecule has 20 heavy (non-hydrogen) atoms. The summed E-state index contributed by atoms with van der Waals surface area (Å²) in [5.41, 5.74) is 6.42. The molecule has 0 aliphatic heterocycles. The number of hydrogen-bond acceptors (Lipinski definition) is 4. The number of nitrogens with one attached hydrogen (secondary N) is 2. The molecule has 4 N–H and O–H groups in total. The number of fused-ring (bicyclic) bond motifs is 1. The van der Waals surface area contributed by atoms with Crippen molar-refractivity contribution in [3.63, 3.8) is 0 Å². The van der Waals surface area contributed by atoms with Crippen molar-refractivity contribution in [2.24, 2.45) is 17.6 Å². The van der Waals surface area contributed by atoms with Crippen LogP contribution < -0.4 is 11.1 Å². The molecular formula is C14H19N5O. The van der Waals surface area contributed by atoms with Gasteiger partial charge in [0.1, 0.15) is 17.8 Å². The third-order valence-corrected chi connectivity index (χ3v) is 4.15. The van der Waals surface area contributed by atoms with E-state index in [1.807, 2.05) is 6.07 Å². The van der Waals surface area contributed by atoms with Gasteiger partial charge in [-0.05, 0) is 44.2 Å². The molecule has 1 aliphatic carbocycles. The lowest BCUT2D eigenvalue weighted by atomic mass is 9.81. The molecule has 0 spiro atoms. The number of amides is 1. The highest BCUT2D eigenvalue weighted by Gasteiger charge is 2.26. The Hall–Kier alpha value is -1.95. The van der Waals surface area contributed by atoms with E-state index in [4.69, 9.17) is 5.73 Å². The van der Waals surface area contributed by atoms with Gasteiger partial charge in [-0.3, -0.25) is 4.79 Å². The number of anilines is 1. The van der Waals surface area contributed by atoms with E-state index in [0.717, 1.165) is 43.3 Å². The van der Waals surface area contributed by atoms with E-state index in [1.54, 1.807) is 6.20 Å². The van der Waals surface area contributed by atoms with E-state index in [9.17, 15) is 4.79 Å². The van der Waals surface area contributed by atoms with Gasteiger partial charge in [0, 0.05) is 12.1 Å². The maximum absolute atomic E-state index is 12.3. The Kier molecular flexibility index (Phi) is 3.64. The van der Waals surface area contributed by atoms with Gasteiger partial charge in [-0.15, -0.1) is 0 Å². The van der Waals surface area contributed by atoms with Gasteiger partial charge in [0.2, 0.25) is 5.91 Å². The van der Waals surface area contributed by atoms with Gasteiger partial charge in [-0.1, -0.05) is 0 Å². The van der Waals surface area contributed by atoms with Crippen LogP contribution in [0.2, 0.25) is 0 Å². The fourth-order valence-corrected chi connectivity index (χ4v) is 2.85. The van der Waals surface area contributed by atoms with Crippen LogP contribution in [0, 0.1) is 11.8 Å². The highest BCUT2D eigenvalue weighted by molar-refractivity contribution is 5.99. The SMILES string of the molecule is NCC1CCC(C(=O)Nc2ncnc3[nH]ccc23)CC1. The molecule has 2 aromatic heterocycles. The maximum atomic E-state index is 12.3. The second kappa shape index (κ2) is 5.58. The van der Waals surface area contributed by atoms with Crippen molar-refractivity contribution in [2.75, 3.05) is 11.9 Å². The van der Waals surface area contributed by atoms with Crippen LogP contribution in [0.4, 0.5) is 5.82 Å². The normalized spacial score (nSPS) is 22.9. The number of hydrogen-bond donors (Lipinski definition) is 3. The Morgan fingerprint density at radius 1 is 1.35 bits per heavy atom. The van der Waals surface area contributed by atoms with E-state index in [2.05, 4.69) is 20.3 Å². The van der Waals surface area contributed by atoms with Crippen LogP contribution in [0.25, 0.3) is 11.0 Å². The minimum atomic E-state index is 0.0571. The molecule has 1 saturated carbocycles. The molecule has 0 unspecified atom stereocenters. The fraction of sp³-hybridized carbons (Fsp3) is 0.500. The van der Waals surface area contributed by atoms with Crippen molar-refractivity contribution >= 4 is 22.8 Å². The number of aromatic nitrogens is 3. The Bertz CT molecular complexity index is 600. The smallest absolute Gasteiger partial charge is 0.228 e. The molecule has 106 valence electrons. The van der Waals surface area contributed by atoms with Gasteiger partial charge >= 0.3 is 0 Å². The van der Waals surface area contributed by atoms with Crippen molar-refractivity contribution < 1.29 is 4.79 Å². The van der Waals surface area contributed by atoms with Crippen molar-refractivity contribution in [2.45, 2.75) is 25.7 Å². The fourth-order valence-electron chi connectivity index (χ4n) is 2.85. The average molecular weight is 273 g/mol. The zero-order chi connectivity index (χ0) is 13.9. The number of H-pyrrole nitrogens is 1. The molecule has 1 fully saturated rings. The highest BCUT2D eigenvalue weighted by atomic mass is 16.1. The summed E-state index contributed by atoms with van der Waals surface area (Å²) in [5, 5.41) is 3.78. The second-order valence-electron chi connectivity index (χ2n) is 5.40. The van der Waals surface area contributed by atoms with Crippen LogP contribution in [0.3, 0.4) is 0 Å². The first kappa shape index (κ1) is 13.1. The summed E-state index contributed by atoms with van der Waals surface area (Å²) < 4.78 is 0. The van der Waals surface area contributed by atoms with Crippen molar-refractivity contribution in [3.8, 4) is 0 Å². The van der Waals surface area contributed by atoms with Crippen LogP contribution in [0.15, 0.2) is 18.6 Å². The first-order chi connectivity index (χ1) is 9.78. The Labute approximate surface area is 117 Å². The van der Waals surface area contributed by atoms with Crippen molar-refractivity contribution in [1.82, 2.24) is 15.0 Å². The van der Waals surface area contributed by atoms with Crippen LogP contribution in [0.5, 0.6) is 0 Å². The van der Waals surface area contributed by atoms with Crippen LogP contribution in [0.1, 0.15) is 25.7 Å². The third-order valence-electron chi connectivity index (χ3n) is 4.15.